The van der Waals surface area contributed by atoms with Crippen LogP contribution in [0, 0.1) is 6.92 Å². The maximum Gasteiger partial charge on any atom is 0.0756 e. The minimum atomic E-state index is 0.217. The van der Waals surface area contributed by atoms with Crippen molar-refractivity contribution in [3.05, 3.63) is 27.2 Å². The first kappa shape index (κ1) is 14.7. The molecule has 1 heterocycles. The summed E-state index contributed by atoms with van der Waals surface area (Å²) in [5.41, 5.74) is 2.36. The average molecular weight is 359 g/mol. The molecule has 2 nitrogen and oxygen atoms in total. The zero-order chi connectivity index (χ0) is 14.2. The number of aryl methyl sites for hydroxylation is 1. The Morgan fingerprint density at radius 3 is 2.85 bits per heavy atom. The SMILES string of the molecule is Cc1cc(Br)c(NCC2CCC3(CCCC3)O2)cc1Cl. The zero-order valence-electron chi connectivity index (χ0n) is 11.8. The Morgan fingerprint density at radius 1 is 1.35 bits per heavy atom. The normalized spacial score (nSPS) is 24.4. The molecule has 0 radical (unpaired) electrons. The summed E-state index contributed by atoms with van der Waals surface area (Å²) in [6.45, 7) is 2.88. The van der Waals surface area contributed by atoms with Crippen LogP contribution in [0.3, 0.4) is 0 Å². The van der Waals surface area contributed by atoms with Crippen molar-refractivity contribution in [1.82, 2.24) is 0 Å². The lowest BCUT2D eigenvalue weighted by Crippen LogP contribution is -2.27. The lowest BCUT2D eigenvalue weighted by molar-refractivity contribution is -0.0307. The molecular formula is C16H21BrClNO. The van der Waals surface area contributed by atoms with Gasteiger partial charge in [-0.15, -0.1) is 0 Å². The molecule has 3 rings (SSSR count). The van der Waals surface area contributed by atoms with Gasteiger partial charge in [0.25, 0.3) is 0 Å². The number of hydrogen-bond acceptors (Lipinski definition) is 2. The highest BCUT2D eigenvalue weighted by atomic mass is 79.9. The molecule has 1 N–H and O–H groups in total. The van der Waals surface area contributed by atoms with E-state index < -0.39 is 0 Å². The molecule has 1 unspecified atom stereocenters. The fraction of sp³-hybridized carbons (Fsp3) is 0.625. The summed E-state index contributed by atoms with van der Waals surface area (Å²) < 4.78 is 7.38. The van der Waals surface area contributed by atoms with Gasteiger partial charge in [0.15, 0.2) is 0 Å². The summed E-state index contributed by atoms with van der Waals surface area (Å²) in [5.74, 6) is 0. The van der Waals surface area contributed by atoms with Crippen molar-refractivity contribution in [1.29, 1.82) is 0 Å². The van der Waals surface area contributed by atoms with E-state index in [4.69, 9.17) is 16.3 Å². The highest BCUT2D eigenvalue weighted by Crippen LogP contribution is 2.43. The molecule has 2 aliphatic rings. The van der Waals surface area contributed by atoms with Crippen molar-refractivity contribution in [2.75, 3.05) is 11.9 Å². The number of rotatable bonds is 3. The second kappa shape index (κ2) is 5.86. The molecule has 110 valence electrons. The number of nitrogens with one attached hydrogen (secondary N) is 1. The largest absolute Gasteiger partial charge is 0.381 e. The molecule has 0 bridgehead atoms. The topological polar surface area (TPSA) is 21.3 Å². The maximum absolute atomic E-state index is 6.31. The van der Waals surface area contributed by atoms with Crippen LogP contribution in [-0.2, 0) is 4.74 Å². The van der Waals surface area contributed by atoms with Gasteiger partial charge in [0.1, 0.15) is 0 Å². The predicted molar refractivity (Wildman–Crippen MR) is 87.7 cm³/mol. The summed E-state index contributed by atoms with van der Waals surface area (Å²) in [4.78, 5) is 0. The van der Waals surface area contributed by atoms with E-state index in [-0.39, 0.29) is 5.60 Å². The molecular weight excluding hydrogens is 338 g/mol. The van der Waals surface area contributed by atoms with Crippen LogP contribution in [0.25, 0.3) is 0 Å². The second-order valence-corrected chi connectivity index (χ2v) is 7.39. The van der Waals surface area contributed by atoms with Gasteiger partial charge in [0, 0.05) is 16.0 Å². The second-order valence-electron chi connectivity index (χ2n) is 6.13. The van der Waals surface area contributed by atoms with E-state index in [1.165, 1.54) is 38.5 Å². The first-order valence-electron chi connectivity index (χ1n) is 7.45. The molecule has 4 heteroatoms. The number of benzene rings is 1. The smallest absolute Gasteiger partial charge is 0.0756 e. The number of ether oxygens (including phenoxy) is 1. The third-order valence-corrected chi connectivity index (χ3v) is 5.69. The van der Waals surface area contributed by atoms with E-state index in [0.717, 1.165) is 27.3 Å². The van der Waals surface area contributed by atoms with Crippen LogP contribution in [0.1, 0.15) is 44.1 Å². The Hall–Kier alpha value is -0.250. The molecule has 1 atom stereocenters. The quantitative estimate of drug-likeness (QED) is 0.790. The molecule has 1 saturated carbocycles. The van der Waals surface area contributed by atoms with Gasteiger partial charge < -0.3 is 10.1 Å². The molecule has 1 aromatic carbocycles. The van der Waals surface area contributed by atoms with Gasteiger partial charge in [0.05, 0.1) is 17.4 Å². The predicted octanol–water partition coefficient (Wildman–Crippen LogP) is 5.31. The Labute approximate surface area is 134 Å². The third kappa shape index (κ3) is 3.00. The fourth-order valence-corrected chi connectivity index (χ4v) is 4.19. The maximum atomic E-state index is 6.31. The molecule has 1 spiro atoms. The molecule has 0 amide bonds. The van der Waals surface area contributed by atoms with Gasteiger partial charge in [-0.3, -0.25) is 0 Å². The number of hydrogen-bond donors (Lipinski definition) is 1. The van der Waals surface area contributed by atoms with E-state index >= 15 is 0 Å². The van der Waals surface area contributed by atoms with Crippen LogP contribution in [0.15, 0.2) is 16.6 Å². The standard InChI is InChI=1S/C16H21BrClNO/c1-11-8-13(17)15(9-14(11)18)19-10-12-4-7-16(20-12)5-2-3-6-16/h8-9,12,19H,2-7,10H2,1H3. The van der Waals surface area contributed by atoms with Crippen LogP contribution in [0.2, 0.25) is 5.02 Å². The van der Waals surface area contributed by atoms with Gasteiger partial charge in [-0.25, -0.2) is 0 Å². The molecule has 1 aliphatic heterocycles. The highest BCUT2D eigenvalue weighted by Gasteiger charge is 2.41. The van der Waals surface area contributed by atoms with Crippen LogP contribution in [0.4, 0.5) is 5.69 Å². The van der Waals surface area contributed by atoms with E-state index in [2.05, 4.69) is 27.3 Å². The van der Waals surface area contributed by atoms with Gasteiger partial charge in [-0.2, -0.15) is 0 Å². The molecule has 2 fully saturated rings. The molecule has 20 heavy (non-hydrogen) atoms. The fourth-order valence-electron chi connectivity index (χ4n) is 3.43. The number of anilines is 1. The van der Waals surface area contributed by atoms with Gasteiger partial charge >= 0.3 is 0 Å². The van der Waals surface area contributed by atoms with Gasteiger partial charge in [-0.05, 0) is 66.2 Å². The Bertz CT molecular complexity index is 499. The zero-order valence-corrected chi connectivity index (χ0v) is 14.2. The Kier molecular flexibility index (Phi) is 4.30. The first-order valence-corrected chi connectivity index (χ1v) is 8.62. The molecule has 1 saturated heterocycles. The van der Waals surface area contributed by atoms with Crippen LogP contribution >= 0.6 is 27.5 Å². The minimum Gasteiger partial charge on any atom is -0.381 e. The van der Waals surface area contributed by atoms with Crippen molar-refractivity contribution in [3.8, 4) is 0 Å². The average Bonchev–Trinajstić information content (AvgIpc) is 3.03. The first-order chi connectivity index (χ1) is 9.58. The van der Waals surface area contributed by atoms with E-state index in [9.17, 15) is 0 Å². The van der Waals surface area contributed by atoms with Crippen LogP contribution in [-0.4, -0.2) is 18.2 Å². The van der Waals surface area contributed by atoms with Crippen molar-refractivity contribution in [3.63, 3.8) is 0 Å². The summed E-state index contributed by atoms with van der Waals surface area (Å²) in [6.07, 6.45) is 7.91. The summed E-state index contributed by atoms with van der Waals surface area (Å²) >= 11 is 9.78. The molecule has 0 aromatic heterocycles. The van der Waals surface area contributed by atoms with Crippen molar-refractivity contribution in [2.24, 2.45) is 0 Å². The summed E-state index contributed by atoms with van der Waals surface area (Å²) in [5, 5.41) is 4.27. The van der Waals surface area contributed by atoms with Crippen molar-refractivity contribution >= 4 is 33.2 Å². The van der Waals surface area contributed by atoms with E-state index in [0.29, 0.717) is 6.10 Å². The lowest BCUT2D eigenvalue weighted by atomic mass is 9.98. The lowest BCUT2D eigenvalue weighted by Gasteiger charge is -2.24. The van der Waals surface area contributed by atoms with Crippen molar-refractivity contribution < 1.29 is 4.74 Å². The van der Waals surface area contributed by atoms with Gasteiger partial charge in [-0.1, -0.05) is 24.4 Å². The summed E-state index contributed by atoms with van der Waals surface area (Å²) in [7, 11) is 0. The third-order valence-electron chi connectivity index (χ3n) is 4.62. The van der Waals surface area contributed by atoms with Crippen LogP contribution < -0.4 is 5.32 Å². The summed E-state index contributed by atoms with van der Waals surface area (Å²) in [6, 6.07) is 4.04. The molecule has 1 aliphatic carbocycles. The van der Waals surface area contributed by atoms with Gasteiger partial charge in [0.2, 0.25) is 0 Å². The van der Waals surface area contributed by atoms with Crippen LogP contribution in [0.5, 0.6) is 0 Å². The van der Waals surface area contributed by atoms with Crippen molar-refractivity contribution in [2.45, 2.75) is 57.2 Å². The minimum absolute atomic E-state index is 0.217. The monoisotopic (exact) mass is 357 g/mol. The Balaban J connectivity index is 1.59. The number of halogens is 2. The van der Waals surface area contributed by atoms with E-state index in [1.54, 1.807) is 0 Å². The Morgan fingerprint density at radius 2 is 2.10 bits per heavy atom. The highest BCUT2D eigenvalue weighted by molar-refractivity contribution is 9.10. The van der Waals surface area contributed by atoms with E-state index in [1.807, 2.05) is 13.0 Å². The molecule has 1 aromatic rings.